The lowest BCUT2D eigenvalue weighted by Crippen LogP contribution is -2.36. The van der Waals surface area contributed by atoms with Crippen LogP contribution in [0.1, 0.15) is 10.4 Å². The van der Waals surface area contributed by atoms with Gasteiger partial charge in [-0.3, -0.25) is 14.2 Å². The Labute approximate surface area is 139 Å². The SMILES string of the molecule is COC(=O)c1ccsc1NC(=O)C1CSc2nccc(=O)n2C1. The minimum Gasteiger partial charge on any atom is -0.465 e. The summed E-state index contributed by atoms with van der Waals surface area (Å²) in [7, 11) is 1.29. The maximum Gasteiger partial charge on any atom is 0.340 e. The van der Waals surface area contributed by atoms with Crippen LogP contribution in [0.4, 0.5) is 5.00 Å². The zero-order valence-electron chi connectivity index (χ0n) is 12.1. The summed E-state index contributed by atoms with van der Waals surface area (Å²) in [5.41, 5.74) is 0.153. The molecule has 9 heteroatoms. The average molecular weight is 351 g/mol. The Balaban J connectivity index is 1.76. The quantitative estimate of drug-likeness (QED) is 0.665. The smallest absolute Gasteiger partial charge is 0.340 e. The highest BCUT2D eigenvalue weighted by molar-refractivity contribution is 7.99. The van der Waals surface area contributed by atoms with Crippen molar-refractivity contribution in [3.63, 3.8) is 0 Å². The second-order valence-corrected chi connectivity index (χ2v) is 6.73. The molecule has 120 valence electrons. The highest BCUT2D eigenvalue weighted by atomic mass is 32.2. The van der Waals surface area contributed by atoms with Gasteiger partial charge in [-0.2, -0.15) is 0 Å². The van der Waals surface area contributed by atoms with Gasteiger partial charge in [0.25, 0.3) is 5.56 Å². The lowest BCUT2D eigenvalue weighted by atomic mass is 10.1. The molecule has 1 amide bonds. The van der Waals surface area contributed by atoms with Crippen LogP contribution >= 0.6 is 23.1 Å². The summed E-state index contributed by atoms with van der Waals surface area (Å²) in [6.07, 6.45) is 1.47. The average Bonchev–Trinajstić information content (AvgIpc) is 3.02. The van der Waals surface area contributed by atoms with Gasteiger partial charge in [-0.05, 0) is 11.4 Å². The minimum atomic E-state index is -0.495. The van der Waals surface area contributed by atoms with Gasteiger partial charge in [-0.1, -0.05) is 11.8 Å². The predicted octanol–water partition coefficient (Wildman–Crippen LogP) is 1.45. The minimum absolute atomic E-state index is 0.175. The Morgan fingerprint density at radius 3 is 3.04 bits per heavy atom. The van der Waals surface area contributed by atoms with Crippen molar-refractivity contribution < 1.29 is 14.3 Å². The number of ether oxygens (including phenoxy) is 1. The van der Waals surface area contributed by atoms with Gasteiger partial charge in [0.1, 0.15) is 5.00 Å². The Morgan fingerprint density at radius 2 is 2.26 bits per heavy atom. The third kappa shape index (κ3) is 3.15. The number of methoxy groups -OCH3 is 1. The Hall–Kier alpha value is -2.13. The molecule has 0 aliphatic carbocycles. The number of amides is 1. The molecule has 0 spiro atoms. The van der Waals surface area contributed by atoms with Crippen LogP contribution in [0.5, 0.6) is 0 Å². The van der Waals surface area contributed by atoms with Crippen molar-refractivity contribution >= 4 is 40.0 Å². The van der Waals surface area contributed by atoms with E-state index in [1.165, 1.54) is 47.0 Å². The fraction of sp³-hybridized carbons (Fsp3) is 0.286. The molecule has 0 saturated heterocycles. The number of carbonyl (C=O) groups is 2. The number of nitrogens with zero attached hydrogens (tertiary/aromatic N) is 2. The van der Waals surface area contributed by atoms with Gasteiger partial charge in [0.2, 0.25) is 5.91 Å². The molecule has 0 fully saturated rings. The molecule has 2 aromatic rings. The lowest BCUT2D eigenvalue weighted by Gasteiger charge is -2.23. The molecule has 0 bridgehead atoms. The van der Waals surface area contributed by atoms with E-state index in [4.69, 9.17) is 0 Å². The molecule has 1 aliphatic rings. The molecule has 0 saturated carbocycles. The van der Waals surface area contributed by atoms with Gasteiger partial charge in [0.15, 0.2) is 5.16 Å². The predicted molar refractivity (Wildman–Crippen MR) is 87.0 cm³/mol. The summed E-state index contributed by atoms with van der Waals surface area (Å²) in [6.45, 7) is 0.278. The number of nitrogens with one attached hydrogen (secondary N) is 1. The molecule has 1 aliphatic heterocycles. The Kier molecular flexibility index (Phi) is 4.49. The number of rotatable bonds is 3. The molecular formula is C14H13N3O4S2. The number of hydrogen-bond donors (Lipinski definition) is 1. The fourth-order valence-electron chi connectivity index (χ4n) is 2.20. The molecule has 0 aromatic carbocycles. The van der Waals surface area contributed by atoms with Crippen LogP contribution in [0.15, 0.2) is 33.7 Å². The van der Waals surface area contributed by atoms with Crippen LogP contribution in [0.25, 0.3) is 0 Å². The number of thioether (sulfide) groups is 1. The first-order valence-corrected chi connectivity index (χ1v) is 8.62. The van der Waals surface area contributed by atoms with E-state index >= 15 is 0 Å². The van der Waals surface area contributed by atoms with E-state index in [9.17, 15) is 14.4 Å². The third-order valence-corrected chi connectivity index (χ3v) is 5.38. The molecule has 3 heterocycles. The lowest BCUT2D eigenvalue weighted by molar-refractivity contribution is -0.119. The van der Waals surface area contributed by atoms with Crippen LogP contribution in [-0.2, 0) is 16.1 Å². The zero-order chi connectivity index (χ0) is 16.4. The topological polar surface area (TPSA) is 90.3 Å². The molecule has 3 rings (SSSR count). The van der Waals surface area contributed by atoms with E-state index in [-0.39, 0.29) is 23.9 Å². The number of hydrogen-bond acceptors (Lipinski definition) is 7. The molecule has 23 heavy (non-hydrogen) atoms. The van der Waals surface area contributed by atoms with E-state index in [1.807, 2.05) is 0 Å². The Morgan fingerprint density at radius 1 is 1.43 bits per heavy atom. The number of anilines is 1. The van der Waals surface area contributed by atoms with Crippen molar-refractivity contribution in [1.82, 2.24) is 9.55 Å². The highest BCUT2D eigenvalue weighted by Crippen LogP contribution is 2.28. The summed E-state index contributed by atoms with van der Waals surface area (Å²) < 4.78 is 6.18. The number of carbonyl (C=O) groups excluding carboxylic acids is 2. The number of fused-ring (bicyclic) bond motifs is 1. The maximum atomic E-state index is 12.4. The van der Waals surface area contributed by atoms with E-state index < -0.39 is 5.97 Å². The fourth-order valence-corrected chi connectivity index (χ4v) is 4.04. The van der Waals surface area contributed by atoms with Crippen molar-refractivity contribution in [3.05, 3.63) is 39.6 Å². The summed E-state index contributed by atoms with van der Waals surface area (Å²) >= 11 is 2.62. The number of aromatic nitrogens is 2. The highest BCUT2D eigenvalue weighted by Gasteiger charge is 2.27. The van der Waals surface area contributed by atoms with Crippen molar-refractivity contribution in [2.75, 3.05) is 18.2 Å². The van der Waals surface area contributed by atoms with Gasteiger partial charge in [-0.25, -0.2) is 9.78 Å². The summed E-state index contributed by atoms with van der Waals surface area (Å²) in [6, 6.07) is 2.98. The largest absolute Gasteiger partial charge is 0.465 e. The summed E-state index contributed by atoms with van der Waals surface area (Å²) in [4.78, 5) is 40.1. The van der Waals surface area contributed by atoms with Gasteiger partial charge >= 0.3 is 5.97 Å². The molecule has 2 aromatic heterocycles. The van der Waals surface area contributed by atoms with Crippen molar-refractivity contribution in [2.45, 2.75) is 11.7 Å². The van der Waals surface area contributed by atoms with Crippen LogP contribution in [0.3, 0.4) is 0 Å². The van der Waals surface area contributed by atoms with Crippen molar-refractivity contribution in [2.24, 2.45) is 5.92 Å². The first kappa shape index (κ1) is 15.8. The first-order chi connectivity index (χ1) is 11.1. The van der Waals surface area contributed by atoms with E-state index in [2.05, 4.69) is 15.0 Å². The van der Waals surface area contributed by atoms with Crippen molar-refractivity contribution in [1.29, 1.82) is 0 Å². The molecule has 0 radical (unpaired) electrons. The van der Waals surface area contributed by atoms with Gasteiger partial charge in [0.05, 0.1) is 18.6 Å². The van der Waals surface area contributed by atoms with Gasteiger partial charge < -0.3 is 10.1 Å². The van der Waals surface area contributed by atoms with E-state index in [0.29, 0.717) is 21.5 Å². The van der Waals surface area contributed by atoms with Crippen LogP contribution in [0.2, 0.25) is 0 Å². The van der Waals surface area contributed by atoms with Crippen LogP contribution < -0.4 is 10.9 Å². The first-order valence-electron chi connectivity index (χ1n) is 6.75. The number of esters is 1. The summed E-state index contributed by atoms with van der Waals surface area (Å²) in [5, 5.41) is 5.54. The van der Waals surface area contributed by atoms with Crippen LogP contribution in [0, 0.1) is 5.92 Å². The molecule has 1 N–H and O–H groups in total. The Bertz CT molecular complexity index is 814. The van der Waals surface area contributed by atoms with E-state index in [1.54, 1.807) is 11.4 Å². The van der Waals surface area contributed by atoms with E-state index in [0.717, 1.165) is 0 Å². The third-order valence-electron chi connectivity index (χ3n) is 3.39. The second kappa shape index (κ2) is 6.55. The zero-order valence-corrected chi connectivity index (χ0v) is 13.8. The second-order valence-electron chi connectivity index (χ2n) is 4.83. The number of thiophene rings is 1. The molecular weight excluding hydrogens is 338 g/mol. The molecule has 1 atom stereocenters. The monoisotopic (exact) mass is 351 g/mol. The van der Waals surface area contributed by atoms with Crippen molar-refractivity contribution in [3.8, 4) is 0 Å². The maximum absolute atomic E-state index is 12.4. The van der Waals surface area contributed by atoms with Crippen LogP contribution in [-0.4, -0.2) is 34.3 Å². The van der Waals surface area contributed by atoms with Gasteiger partial charge in [0, 0.05) is 24.6 Å². The summed E-state index contributed by atoms with van der Waals surface area (Å²) in [5.74, 6) is -0.569. The molecule has 1 unspecified atom stereocenters. The molecule has 7 nitrogen and oxygen atoms in total. The standard InChI is InChI=1S/C14H13N3O4S2/c1-21-13(20)9-3-5-22-12(9)16-11(19)8-6-17-10(18)2-4-15-14(17)23-7-8/h2-5,8H,6-7H2,1H3,(H,16,19). The van der Waals surface area contributed by atoms with Gasteiger partial charge in [-0.15, -0.1) is 11.3 Å². The normalized spacial score (nSPS) is 16.5.